The molecule has 1 N–H and O–H groups in total. The maximum Gasteiger partial charge on any atom is 0.230 e. The van der Waals surface area contributed by atoms with Crippen LogP contribution in [0.1, 0.15) is 5.69 Å². The summed E-state index contributed by atoms with van der Waals surface area (Å²) in [4.78, 5) is 16.1. The normalized spacial score (nSPS) is 10.5. The number of hydrogen-bond acceptors (Lipinski definition) is 4. The van der Waals surface area contributed by atoms with Crippen molar-refractivity contribution in [1.29, 1.82) is 0 Å². The smallest absolute Gasteiger partial charge is 0.230 e. The summed E-state index contributed by atoms with van der Waals surface area (Å²) < 4.78 is 5.97. The summed E-state index contributed by atoms with van der Waals surface area (Å²) in [5.41, 5.74) is 2.03. The quantitative estimate of drug-likeness (QED) is 0.671. The van der Waals surface area contributed by atoms with Gasteiger partial charge < -0.3 is 9.84 Å². The maximum absolute atomic E-state index is 12.0. The summed E-state index contributed by atoms with van der Waals surface area (Å²) in [6, 6.07) is 12.5. The Morgan fingerprint density at radius 2 is 2.00 bits per heavy atom. The summed E-state index contributed by atoms with van der Waals surface area (Å²) in [5, 5.41) is 7.32. The zero-order chi connectivity index (χ0) is 16.2. The lowest BCUT2D eigenvalue weighted by Gasteiger charge is -2.02. The summed E-state index contributed by atoms with van der Waals surface area (Å²) >= 11 is 9.09. The van der Waals surface area contributed by atoms with Crippen LogP contribution < -0.4 is 5.32 Å². The number of halogens is 2. The molecule has 0 saturated heterocycles. The molecule has 0 aliphatic carbocycles. The van der Waals surface area contributed by atoms with Crippen LogP contribution in [0.3, 0.4) is 0 Å². The fraction of sp³-hybridized carbons (Fsp3) is 0.0625. The highest BCUT2D eigenvalue weighted by molar-refractivity contribution is 9.10. The molecule has 3 rings (SSSR count). The van der Waals surface area contributed by atoms with E-state index in [1.54, 1.807) is 36.5 Å². The van der Waals surface area contributed by atoms with Gasteiger partial charge in [-0.3, -0.25) is 4.79 Å². The molecule has 0 aliphatic rings. The second kappa shape index (κ2) is 6.93. The van der Waals surface area contributed by atoms with E-state index in [2.05, 4.69) is 31.4 Å². The van der Waals surface area contributed by atoms with Gasteiger partial charge in [0.25, 0.3) is 0 Å². The lowest BCUT2D eigenvalue weighted by molar-refractivity contribution is -0.115. The molecule has 0 bridgehead atoms. The highest BCUT2D eigenvalue weighted by Crippen LogP contribution is 2.22. The first kappa shape index (κ1) is 15.7. The minimum Gasteiger partial charge on any atom is -0.356 e. The van der Waals surface area contributed by atoms with E-state index in [1.165, 1.54) is 0 Å². The second-order valence-electron chi connectivity index (χ2n) is 4.78. The Morgan fingerprint density at radius 3 is 2.70 bits per heavy atom. The standard InChI is InChI=1S/C16H11BrClN3O2/c17-15-6-5-12(9-19-15)20-16(22)8-13-7-14(23-21-13)10-1-3-11(18)4-2-10/h1-7,9H,8H2,(H,20,22). The van der Waals surface area contributed by atoms with Crippen LogP contribution in [-0.2, 0) is 11.2 Å². The molecule has 0 atom stereocenters. The van der Waals surface area contributed by atoms with Crippen LogP contribution in [0.4, 0.5) is 5.69 Å². The Balaban J connectivity index is 1.65. The zero-order valence-electron chi connectivity index (χ0n) is 11.8. The summed E-state index contributed by atoms with van der Waals surface area (Å²) in [6.07, 6.45) is 1.69. The first-order chi connectivity index (χ1) is 11.1. The summed E-state index contributed by atoms with van der Waals surface area (Å²) in [5.74, 6) is 0.403. The number of nitrogens with zero attached hydrogens (tertiary/aromatic N) is 2. The molecule has 5 nitrogen and oxygen atoms in total. The molecule has 1 aromatic carbocycles. The van der Waals surface area contributed by atoms with E-state index in [1.807, 2.05) is 12.1 Å². The van der Waals surface area contributed by atoms with Gasteiger partial charge in [0.1, 0.15) is 4.60 Å². The van der Waals surface area contributed by atoms with Gasteiger partial charge in [-0.25, -0.2) is 4.98 Å². The van der Waals surface area contributed by atoms with Gasteiger partial charge in [-0.15, -0.1) is 0 Å². The van der Waals surface area contributed by atoms with E-state index in [-0.39, 0.29) is 12.3 Å². The molecular weight excluding hydrogens is 382 g/mol. The number of pyridine rings is 1. The molecule has 2 aromatic heterocycles. The van der Waals surface area contributed by atoms with Gasteiger partial charge in [-0.1, -0.05) is 16.8 Å². The van der Waals surface area contributed by atoms with Crippen molar-refractivity contribution in [1.82, 2.24) is 10.1 Å². The maximum atomic E-state index is 12.0. The second-order valence-corrected chi connectivity index (χ2v) is 6.03. The van der Waals surface area contributed by atoms with Gasteiger partial charge in [-0.05, 0) is 52.3 Å². The lowest BCUT2D eigenvalue weighted by Crippen LogP contribution is -2.14. The number of rotatable bonds is 4. The lowest BCUT2D eigenvalue weighted by atomic mass is 10.1. The number of aromatic nitrogens is 2. The molecule has 0 fully saturated rings. The van der Waals surface area contributed by atoms with E-state index in [0.29, 0.717) is 26.8 Å². The van der Waals surface area contributed by atoms with E-state index < -0.39 is 0 Å². The molecule has 0 saturated carbocycles. The Hall–Kier alpha value is -2.18. The number of amides is 1. The van der Waals surface area contributed by atoms with E-state index >= 15 is 0 Å². The Bertz CT molecular complexity index is 816. The minimum atomic E-state index is -0.190. The van der Waals surface area contributed by atoms with Gasteiger partial charge >= 0.3 is 0 Å². The fourth-order valence-corrected chi connectivity index (χ4v) is 2.33. The predicted octanol–water partition coefficient (Wildman–Crippen LogP) is 4.33. The zero-order valence-corrected chi connectivity index (χ0v) is 14.1. The number of benzene rings is 1. The van der Waals surface area contributed by atoms with Crippen LogP contribution in [0.25, 0.3) is 11.3 Å². The van der Waals surface area contributed by atoms with Crippen LogP contribution in [0, 0.1) is 0 Å². The molecule has 0 spiro atoms. The molecule has 23 heavy (non-hydrogen) atoms. The van der Waals surface area contributed by atoms with Crippen LogP contribution in [0.15, 0.2) is 57.8 Å². The molecule has 3 aromatic rings. The highest BCUT2D eigenvalue weighted by atomic mass is 79.9. The topological polar surface area (TPSA) is 68.0 Å². The van der Waals surface area contributed by atoms with Crippen LogP contribution in [0.2, 0.25) is 5.02 Å². The van der Waals surface area contributed by atoms with Crippen molar-refractivity contribution < 1.29 is 9.32 Å². The number of hydrogen-bond donors (Lipinski definition) is 1. The third-order valence-electron chi connectivity index (χ3n) is 3.04. The Morgan fingerprint density at radius 1 is 1.22 bits per heavy atom. The van der Waals surface area contributed by atoms with Crippen LogP contribution in [-0.4, -0.2) is 16.0 Å². The third-order valence-corrected chi connectivity index (χ3v) is 3.76. The van der Waals surface area contributed by atoms with Crippen molar-refractivity contribution in [3.8, 4) is 11.3 Å². The van der Waals surface area contributed by atoms with Crippen molar-refractivity contribution in [3.05, 3.63) is 64.0 Å². The Labute approximate surface area is 145 Å². The molecule has 0 radical (unpaired) electrons. The monoisotopic (exact) mass is 391 g/mol. The molecule has 1 amide bonds. The van der Waals surface area contributed by atoms with Crippen molar-refractivity contribution in [2.24, 2.45) is 0 Å². The SMILES string of the molecule is O=C(Cc1cc(-c2ccc(Cl)cc2)on1)Nc1ccc(Br)nc1. The van der Waals surface area contributed by atoms with Crippen molar-refractivity contribution in [3.63, 3.8) is 0 Å². The van der Waals surface area contributed by atoms with Gasteiger partial charge in [0.15, 0.2) is 5.76 Å². The van der Waals surface area contributed by atoms with Gasteiger partial charge in [0.05, 0.1) is 24.0 Å². The highest BCUT2D eigenvalue weighted by Gasteiger charge is 2.11. The van der Waals surface area contributed by atoms with E-state index in [9.17, 15) is 4.79 Å². The van der Waals surface area contributed by atoms with Crippen molar-refractivity contribution in [2.45, 2.75) is 6.42 Å². The first-order valence-corrected chi connectivity index (χ1v) is 7.90. The molecule has 2 heterocycles. The number of nitrogens with one attached hydrogen (secondary N) is 1. The first-order valence-electron chi connectivity index (χ1n) is 6.73. The average molecular weight is 393 g/mol. The van der Waals surface area contributed by atoms with E-state index in [4.69, 9.17) is 16.1 Å². The van der Waals surface area contributed by atoms with Crippen molar-refractivity contribution >= 4 is 39.1 Å². The third kappa shape index (κ3) is 4.18. The van der Waals surface area contributed by atoms with Crippen LogP contribution >= 0.6 is 27.5 Å². The largest absolute Gasteiger partial charge is 0.356 e. The number of carbonyl (C=O) groups is 1. The Kier molecular flexibility index (Phi) is 4.73. The van der Waals surface area contributed by atoms with Crippen molar-refractivity contribution in [2.75, 3.05) is 5.32 Å². The molecule has 0 aliphatic heterocycles. The summed E-state index contributed by atoms with van der Waals surface area (Å²) in [6.45, 7) is 0. The number of carbonyl (C=O) groups excluding carboxylic acids is 1. The molecule has 7 heteroatoms. The van der Waals surface area contributed by atoms with Gasteiger partial charge in [0, 0.05) is 16.7 Å². The van der Waals surface area contributed by atoms with Crippen LogP contribution in [0.5, 0.6) is 0 Å². The molecular formula is C16H11BrClN3O2. The molecule has 0 unspecified atom stereocenters. The average Bonchev–Trinajstić information content (AvgIpc) is 2.98. The van der Waals surface area contributed by atoms with E-state index in [0.717, 1.165) is 5.56 Å². The fourth-order valence-electron chi connectivity index (χ4n) is 1.96. The number of anilines is 1. The molecule has 116 valence electrons. The van der Waals surface area contributed by atoms with Gasteiger partial charge in [-0.2, -0.15) is 0 Å². The summed E-state index contributed by atoms with van der Waals surface area (Å²) in [7, 11) is 0. The predicted molar refractivity (Wildman–Crippen MR) is 91.2 cm³/mol. The van der Waals surface area contributed by atoms with Gasteiger partial charge in [0.2, 0.25) is 5.91 Å². The minimum absolute atomic E-state index is 0.118.